The van der Waals surface area contributed by atoms with Gasteiger partial charge in [0, 0.05) is 5.39 Å². The van der Waals surface area contributed by atoms with Crippen LogP contribution >= 0.6 is 0 Å². The maximum atomic E-state index is 11.6. The Morgan fingerprint density at radius 3 is 2.42 bits per heavy atom. The first-order valence-electron chi connectivity index (χ1n) is 6.03. The smallest absolute Gasteiger partial charge is 0.328 e. The number of hydrogen-bond acceptors (Lipinski definition) is 3. The number of carboxylic acids is 1. The number of ether oxygens (including phenoxy) is 1. The van der Waals surface area contributed by atoms with Gasteiger partial charge in [0.25, 0.3) is 0 Å². The standard InChI is InChI=1S/C15H17NO3/c1-15(16-2,14(17)18)12-8-4-7-11-10(12)6-5-9-13(11)19-3/h4-9,16H,1-3H3,(H,17,18). The Balaban J connectivity index is 2.78. The van der Waals surface area contributed by atoms with Crippen molar-refractivity contribution in [3.8, 4) is 5.75 Å². The van der Waals surface area contributed by atoms with Crippen molar-refractivity contribution < 1.29 is 14.6 Å². The Morgan fingerprint density at radius 1 is 1.21 bits per heavy atom. The van der Waals surface area contributed by atoms with E-state index in [1.165, 1.54) is 0 Å². The van der Waals surface area contributed by atoms with E-state index in [0.717, 1.165) is 22.1 Å². The van der Waals surface area contributed by atoms with E-state index in [9.17, 15) is 9.90 Å². The van der Waals surface area contributed by atoms with Crippen molar-refractivity contribution in [3.05, 3.63) is 42.0 Å². The summed E-state index contributed by atoms with van der Waals surface area (Å²) in [5.74, 6) is -0.173. The van der Waals surface area contributed by atoms with Gasteiger partial charge in [0.2, 0.25) is 0 Å². The zero-order valence-electron chi connectivity index (χ0n) is 11.2. The molecule has 0 aliphatic heterocycles. The fourth-order valence-corrected chi connectivity index (χ4v) is 2.25. The number of benzene rings is 2. The van der Waals surface area contributed by atoms with E-state index in [2.05, 4.69) is 5.32 Å². The quantitative estimate of drug-likeness (QED) is 0.885. The molecule has 2 aromatic carbocycles. The number of fused-ring (bicyclic) bond motifs is 1. The lowest BCUT2D eigenvalue weighted by Crippen LogP contribution is -2.44. The van der Waals surface area contributed by atoms with Crippen molar-refractivity contribution >= 4 is 16.7 Å². The van der Waals surface area contributed by atoms with Crippen LogP contribution in [0.25, 0.3) is 10.8 Å². The second kappa shape index (κ2) is 4.90. The van der Waals surface area contributed by atoms with Crippen molar-refractivity contribution in [2.45, 2.75) is 12.5 Å². The van der Waals surface area contributed by atoms with E-state index in [-0.39, 0.29) is 0 Å². The molecule has 0 aromatic heterocycles. The maximum absolute atomic E-state index is 11.6. The molecule has 2 aromatic rings. The van der Waals surface area contributed by atoms with Crippen LogP contribution in [0.2, 0.25) is 0 Å². The highest BCUT2D eigenvalue weighted by molar-refractivity contribution is 5.95. The molecule has 0 heterocycles. The third-order valence-corrected chi connectivity index (χ3v) is 3.57. The minimum atomic E-state index is -1.13. The first-order valence-corrected chi connectivity index (χ1v) is 6.03. The van der Waals surface area contributed by atoms with Crippen molar-refractivity contribution in [1.29, 1.82) is 0 Å². The van der Waals surface area contributed by atoms with Crippen LogP contribution in [0.15, 0.2) is 36.4 Å². The molecule has 0 saturated carbocycles. The summed E-state index contributed by atoms with van der Waals surface area (Å²) in [4.78, 5) is 11.6. The van der Waals surface area contributed by atoms with Gasteiger partial charge in [-0.3, -0.25) is 0 Å². The molecule has 4 nitrogen and oxygen atoms in total. The Hall–Kier alpha value is -2.07. The fourth-order valence-electron chi connectivity index (χ4n) is 2.25. The van der Waals surface area contributed by atoms with Crippen LogP contribution in [0.1, 0.15) is 12.5 Å². The maximum Gasteiger partial charge on any atom is 0.328 e. The van der Waals surface area contributed by atoms with Crippen LogP contribution in [0.5, 0.6) is 5.75 Å². The number of nitrogens with one attached hydrogen (secondary N) is 1. The molecular weight excluding hydrogens is 242 g/mol. The predicted octanol–water partition coefficient (Wildman–Crippen LogP) is 2.37. The van der Waals surface area contributed by atoms with Crippen molar-refractivity contribution in [2.24, 2.45) is 0 Å². The molecule has 0 amide bonds. The molecule has 0 fully saturated rings. The third-order valence-electron chi connectivity index (χ3n) is 3.57. The van der Waals surface area contributed by atoms with Crippen LogP contribution in [0.3, 0.4) is 0 Å². The summed E-state index contributed by atoms with van der Waals surface area (Å²) in [5.41, 5.74) is -0.412. The third kappa shape index (κ3) is 2.04. The Bertz CT molecular complexity index is 624. The second-order valence-electron chi connectivity index (χ2n) is 4.54. The lowest BCUT2D eigenvalue weighted by atomic mass is 9.88. The van der Waals surface area contributed by atoms with Crippen molar-refractivity contribution in [2.75, 3.05) is 14.2 Å². The average molecular weight is 259 g/mol. The highest BCUT2D eigenvalue weighted by Gasteiger charge is 2.34. The molecule has 0 bridgehead atoms. The predicted molar refractivity (Wildman–Crippen MR) is 74.5 cm³/mol. The fraction of sp³-hybridized carbons (Fsp3) is 0.267. The van der Waals surface area contributed by atoms with Gasteiger partial charge >= 0.3 is 5.97 Å². The van der Waals surface area contributed by atoms with E-state index in [4.69, 9.17) is 4.74 Å². The summed E-state index contributed by atoms with van der Waals surface area (Å²) in [5, 5.41) is 14.1. The van der Waals surface area contributed by atoms with Gasteiger partial charge < -0.3 is 15.2 Å². The Labute approximate surface area is 112 Å². The molecule has 1 atom stereocenters. The summed E-state index contributed by atoms with van der Waals surface area (Å²) in [7, 11) is 3.25. The number of carbonyl (C=O) groups is 1. The minimum absolute atomic E-state index is 0.721. The van der Waals surface area contributed by atoms with Crippen LogP contribution in [0, 0.1) is 0 Å². The first-order chi connectivity index (χ1) is 9.04. The van der Waals surface area contributed by atoms with Crippen LogP contribution in [-0.4, -0.2) is 25.2 Å². The van der Waals surface area contributed by atoms with Gasteiger partial charge in [0.15, 0.2) is 0 Å². The van der Waals surface area contributed by atoms with Gasteiger partial charge in [0.1, 0.15) is 11.3 Å². The molecular formula is C15H17NO3. The highest BCUT2D eigenvalue weighted by atomic mass is 16.5. The second-order valence-corrected chi connectivity index (χ2v) is 4.54. The number of rotatable bonds is 4. The zero-order valence-corrected chi connectivity index (χ0v) is 11.2. The number of methoxy groups -OCH3 is 1. The molecule has 19 heavy (non-hydrogen) atoms. The number of aliphatic carboxylic acids is 1. The van der Waals surface area contributed by atoms with Gasteiger partial charge in [0.05, 0.1) is 7.11 Å². The van der Waals surface area contributed by atoms with E-state index in [1.807, 2.05) is 36.4 Å². The average Bonchev–Trinajstić information content (AvgIpc) is 2.44. The molecule has 4 heteroatoms. The molecule has 0 aliphatic rings. The Morgan fingerprint density at radius 2 is 1.84 bits per heavy atom. The van der Waals surface area contributed by atoms with Gasteiger partial charge in [-0.25, -0.2) is 4.79 Å². The van der Waals surface area contributed by atoms with E-state index >= 15 is 0 Å². The van der Waals surface area contributed by atoms with Crippen LogP contribution < -0.4 is 10.1 Å². The number of hydrogen-bond donors (Lipinski definition) is 2. The molecule has 0 radical (unpaired) electrons. The minimum Gasteiger partial charge on any atom is -0.496 e. The normalized spacial score (nSPS) is 14.1. The van der Waals surface area contributed by atoms with Crippen molar-refractivity contribution in [1.82, 2.24) is 5.32 Å². The van der Waals surface area contributed by atoms with Gasteiger partial charge in [-0.15, -0.1) is 0 Å². The largest absolute Gasteiger partial charge is 0.496 e. The molecule has 2 rings (SSSR count). The number of likely N-dealkylation sites (N-methyl/N-ethyl adjacent to an activating group) is 1. The first kappa shape index (κ1) is 13.4. The number of carboxylic acid groups (broad SMARTS) is 1. The SMILES string of the molecule is CNC(C)(C(=O)O)c1cccc2c(OC)cccc12. The summed E-state index contributed by atoms with van der Waals surface area (Å²) in [6.07, 6.45) is 0. The molecule has 1 unspecified atom stereocenters. The Kier molecular flexibility index (Phi) is 3.44. The molecule has 2 N–H and O–H groups in total. The topological polar surface area (TPSA) is 58.6 Å². The van der Waals surface area contributed by atoms with Gasteiger partial charge in [-0.2, -0.15) is 0 Å². The summed E-state index contributed by atoms with van der Waals surface area (Å²) >= 11 is 0. The lowest BCUT2D eigenvalue weighted by molar-refractivity contribution is -0.144. The molecule has 0 spiro atoms. The monoisotopic (exact) mass is 259 g/mol. The summed E-state index contributed by atoms with van der Waals surface area (Å²) in [6, 6.07) is 11.2. The van der Waals surface area contributed by atoms with Crippen LogP contribution in [0.4, 0.5) is 0 Å². The van der Waals surface area contributed by atoms with Gasteiger partial charge in [-0.1, -0.05) is 30.3 Å². The lowest BCUT2D eigenvalue weighted by Gasteiger charge is -2.26. The van der Waals surface area contributed by atoms with Crippen molar-refractivity contribution in [3.63, 3.8) is 0 Å². The highest BCUT2D eigenvalue weighted by Crippen LogP contribution is 2.33. The molecule has 0 saturated heterocycles. The van der Waals surface area contributed by atoms with Gasteiger partial charge in [-0.05, 0) is 31.0 Å². The summed E-state index contributed by atoms with van der Waals surface area (Å²) in [6.45, 7) is 1.66. The zero-order chi connectivity index (χ0) is 14.0. The van der Waals surface area contributed by atoms with E-state index in [0.29, 0.717) is 0 Å². The summed E-state index contributed by atoms with van der Waals surface area (Å²) < 4.78 is 5.32. The molecule has 100 valence electrons. The van der Waals surface area contributed by atoms with Crippen LogP contribution in [-0.2, 0) is 10.3 Å². The molecule has 0 aliphatic carbocycles. The van der Waals surface area contributed by atoms with E-state index < -0.39 is 11.5 Å². The van der Waals surface area contributed by atoms with E-state index in [1.54, 1.807) is 21.1 Å².